The van der Waals surface area contributed by atoms with Crippen LogP contribution in [0.3, 0.4) is 0 Å². The fraction of sp³-hybridized carbons (Fsp3) is 0.750. The van der Waals surface area contributed by atoms with Crippen LogP contribution in [0.25, 0.3) is 0 Å². The highest BCUT2D eigenvalue weighted by molar-refractivity contribution is 5.96. The summed E-state index contributed by atoms with van der Waals surface area (Å²) in [6.07, 6.45) is 3.12. The molecule has 0 aromatic carbocycles. The SMILES string of the molecule is COCOC[C@]1(C)C2=CC(=O)C[C@]23CC(=O)O[C@@H](C3)[C@@H]1C. The zero-order valence-corrected chi connectivity index (χ0v) is 12.8. The molecule has 1 saturated carbocycles. The van der Waals surface area contributed by atoms with Gasteiger partial charge in [0.1, 0.15) is 12.9 Å². The fourth-order valence-corrected chi connectivity index (χ4v) is 4.37. The summed E-state index contributed by atoms with van der Waals surface area (Å²) in [5.41, 5.74) is 0.444. The van der Waals surface area contributed by atoms with Crippen molar-refractivity contribution in [2.45, 2.75) is 39.2 Å². The Morgan fingerprint density at radius 1 is 1.38 bits per heavy atom. The lowest BCUT2D eigenvalue weighted by molar-refractivity contribution is -0.180. The van der Waals surface area contributed by atoms with Gasteiger partial charge >= 0.3 is 5.97 Å². The maximum absolute atomic E-state index is 12.0. The van der Waals surface area contributed by atoms with Crippen molar-refractivity contribution in [1.29, 1.82) is 0 Å². The molecule has 3 rings (SSSR count). The molecule has 1 saturated heterocycles. The van der Waals surface area contributed by atoms with E-state index in [1.165, 1.54) is 0 Å². The first-order chi connectivity index (χ1) is 9.91. The molecule has 2 fully saturated rings. The van der Waals surface area contributed by atoms with Gasteiger partial charge in [-0.1, -0.05) is 19.4 Å². The molecule has 2 aliphatic carbocycles. The third-order valence-corrected chi connectivity index (χ3v) is 5.53. The largest absolute Gasteiger partial charge is 0.462 e. The van der Waals surface area contributed by atoms with E-state index in [9.17, 15) is 9.59 Å². The average Bonchev–Trinajstić information content (AvgIpc) is 2.72. The number of methoxy groups -OCH3 is 1. The molecule has 1 aliphatic heterocycles. The number of carbonyl (C=O) groups is 2. The van der Waals surface area contributed by atoms with Gasteiger partial charge in [-0.25, -0.2) is 0 Å². The number of ether oxygens (including phenoxy) is 3. The second-order valence-electron chi connectivity index (χ2n) is 6.85. The Morgan fingerprint density at radius 3 is 2.86 bits per heavy atom. The maximum Gasteiger partial charge on any atom is 0.306 e. The van der Waals surface area contributed by atoms with E-state index in [4.69, 9.17) is 14.2 Å². The van der Waals surface area contributed by atoms with Gasteiger partial charge in [-0.3, -0.25) is 9.59 Å². The smallest absolute Gasteiger partial charge is 0.306 e. The number of fused-ring (bicyclic) bond motifs is 1. The molecule has 4 atom stereocenters. The summed E-state index contributed by atoms with van der Waals surface area (Å²) in [6.45, 7) is 4.88. The molecule has 0 aromatic rings. The van der Waals surface area contributed by atoms with Crippen molar-refractivity contribution in [2.24, 2.45) is 16.7 Å². The van der Waals surface area contributed by atoms with Crippen molar-refractivity contribution < 1.29 is 23.8 Å². The van der Waals surface area contributed by atoms with Crippen LogP contribution in [-0.2, 0) is 23.8 Å². The molecule has 0 aromatic heterocycles. The molecule has 1 heterocycles. The summed E-state index contributed by atoms with van der Waals surface area (Å²) in [5.74, 6) is 0.0490. The molecule has 21 heavy (non-hydrogen) atoms. The van der Waals surface area contributed by atoms with E-state index >= 15 is 0 Å². The Morgan fingerprint density at radius 2 is 2.14 bits per heavy atom. The zero-order valence-electron chi connectivity index (χ0n) is 12.8. The lowest BCUT2D eigenvalue weighted by atomic mass is 9.53. The number of carbonyl (C=O) groups excluding carboxylic acids is 2. The van der Waals surface area contributed by atoms with Crippen molar-refractivity contribution >= 4 is 11.8 Å². The van der Waals surface area contributed by atoms with Crippen LogP contribution in [-0.4, -0.2) is 38.4 Å². The standard InChI is InChI=1S/C16H22O5/c1-10-12-6-16(7-14(18)21-12)5-11(17)4-13(16)15(10,2)8-20-9-19-3/h4,10,12H,5-9H2,1-3H3/t10-,12-,15-,16-/m0/s1. The predicted molar refractivity (Wildman–Crippen MR) is 74.4 cm³/mol. The molecule has 0 radical (unpaired) electrons. The summed E-state index contributed by atoms with van der Waals surface area (Å²) in [6, 6.07) is 0. The molecule has 116 valence electrons. The molecule has 3 aliphatic rings. The first-order valence-electron chi connectivity index (χ1n) is 7.43. The number of ketones is 1. The van der Waals surface area contributed by atoms with E-state index in [0.717, 1.165) is 12.0 Å². The number of hydrogen-bond donors (Lipinski definition) is 0. The lowest BCUT2D eigenvalue weighted by Gasteiger charge is -2.55. The quantitative estimate of drug-likeness (QED) is 0.450. The molecule has 0 N–H and O–H groups in total. The normalized spacial score (nSPS) is 41.6. The predicted octanol–water partition coefficient (Wildman–Crippen LogP) is 1.85. The monoisotopic (exact) mass is 294 g/mol. The van der Waals surface area contributed by atoms with Gasteiger partial charge in [-0.2, -0.15) is 0 Å². The van der Waals surface area contributed by atoms with Gasteiger partial charge in [-0.05, 0) is 12.5 Å². The van der Waals surface area contributed by atoms with Crippen LogP contribution in [0, 0.1) is 16.7 Å². The molecule has 2 bridgehead atoms. The van der Waals surface area contributed by atoms with E-state index in [-0.39, 0.29) is 41.4 Å². The molecule has 5 heteroatoms. The highest BCUT2D eigenvalue weighted by Gasteiger charge is 2.61. The van der Waals surface area contributed by atoms with Gasteiger partial charge in [-0.15, -0.1) is 0 Å². The minimum absolute atomic E-state index is 0.115. The summed E-state index contributed by atoms with van der Waals surface area (Å²) in [7, 11) is 1.59. The highest BCUT2D eigenvalue weighted by atomic mass is 16.7. The second-order valence-corrected chi connectivity index (χ2v) is 6.85. The Balaban J connectivity index is 1.98. The van der Waals surface area contributed by atoms with Crippen molar-refractivity contribution in [1.82, 2.24) is 0 Å². The average molecular weight is 294 g/mol. The minimum Gasteiger partial charge on any atom is -0.462 e. The summed E-state index contributed by atoms with van der Waals surface area (Å²) < 4.78 is 16.1. The topological polar surface area (TPSA) is 61.8 Å². The van der Waals surface area contributed by atoms with Crippen LogP contribution in [0.15, 0.2) is 11.6 Å². The summed E-state index contributed by atoms with van der Waals surface area (Å²) in [4.78, 5) is 24.0. The molecule has 1 spiro atoms. The number of rotatable bonds is 4. The third kappa shape index (κ3) is 2.14. The van der Waals surface area contributed by atoms with Gasteiger partial charge in [0, 0.05) is 30.3 Å². The number of hydrogen-bond acceptors (Lipinski definition) is 5. The van der Waals surface area contributed by atoms with Gasteiger partial charge in [0.05, 0.1) is 13.0 Å². The van der Waals surface area contributed by atoms with Gasteiger partial charge in [0.15, 0.2) is 5.78 Å². The van der Waals surface area contributed by atoms with Crippen LogP contribution in [0.1, 0.15) is 33.1 Å². The Bertz CT molecular complexity index is 511. The first-order valence-corrected chi connectivity index (χ1v) is 7.43. The molecule has 5 nitrogen and oxygen atoms in total. The zero-order chi connectivity index (χ0) is 15.3. The van der Waals surface area contributed by atoms with E-state index in [2.05, 4.69) is 13.8 Å². The van der Waals surface area contributed by atoms with Crippen LogP contribution in [0.5, 0.6) is 0 Å². The van der Waals surface area contributed by atoms with Crippen molar-refractivity contribution in [2.75, 3.05) is 20.5 Å². The maximum atomic E-state index is 12.0. The van der Waals surface area contributed by atoms with Gasteiger partial charge < -0.3 is 14.2 Å². The minimum atomic E-state index is -0.339. The van der Waals surface area contributed by atoms with Crippen LogP contribution < -0.4 is 0 Å². The van der Waals surface area contributed by atoms with Crippen LogP contribution in [0.2, 0.25) is 0 Å². The molecular formula is C16H22O5. The molecule has 0 unspecified atom stereocenters. The van der Waals surface area contributed by atoms with Crippen molar-refractivity contribution in [3.05, 3.63) is 11.6 Å². The Hall–Kier alpha value is -1.20. The molecular weight excluding hydrogens is 272 g/mol. The Labute approximate surface area is 124 Å². The third-order valence-electron chi connectivity index (χ3n) is 5.53. The second kappa shape index (κ2) is 4.92. The number of esters is 1. The Kier molecular flexibility index (Phi) is 3.45. The van der Waals surface area contributed by atoms with Crippen molar-refractivity contribution in [3.63, 3.8) is 0 Å². The van der Waals surface area contributed by atoms with Crippen LogP contribution >= 0.6 is 0 Å². The van der Waals surface area contributed by atoms with E-state index in [1.54, 1.807) is 13.2 Å². The molecule has 0 amide bonds. The number of allylic oxidation sites excluding steroid dienone is 1. The van der Waals surface area contributed by atoms with Crippen LogP contribution in [0.4, 0.5) is 0 Å². The van der Waals surface area contributed by atoms with Gasteiger partial charge in [0.25, 0.3) is 0 Å². The van der Waals surface area contributed by atoms with E-state index < -0.39 is 0 Å². The van der Waals surface area contributed by atoms with E-state index in [0.29, 0.717) is 19.4 Å². The van der Waals surface area contributed by atoms with Gasteiger partial charge in [0.2, 0.25) is 0 Å². The lowest BCUT2D eigenvalue weighted by Crippen LogP contribution is -2.55. The fourth-order valence-electron chi connectivity index (χ4n) is 4.37. The summed E-state index contributed by atoms with van der Waals surface area (Å²) in [5, 5.41) is 0. The first kappa shape index (κ1) is 14.7. The van der Waals surface area contributed by atoms with E-state index in [1.807, 2.05) is 0 Å². The summed E-state index contributed by atoms with van der Waals surface area (Å²) >= 11 is 0. The van der Waals surface area contributed by atoms with Crippen molar-refractivity contribution in [3.8, 4) is 0 Å². The highest BCUT2D eigenvalue weighted by Crippen LogP contribution is 2.62.